The lowest BCUT2D eigenvalue weighted by Crippen LogP contribution is -2.26. The summed E-state index contributed by atoms with van der Waals surface area (Å²) in [6.07, 6.45) is 6.21. The van der Waals surface area contributed by atoms with Crippen molar-refractivity contribution in [1.82, 2.24) is 19.9 Å². The molecule has 0 aliphatic rings. The minimum atomic E-state index is -0.247. The highest BCUT2D eigenvalue weighted by Gasteiger charge is 2.23. The Balaban J connectivity index is 1.60. The van der Waals surface area contributed by atoms with Crippen molar-refractivity contribution in [2.45, 2.75) is 39.2 Å². The van der Waals surface area contributed by atoms with Crippen molar-refractivity contribution < 1.29 is 9.21 Å². The summed E-state index contributed by atoms with van der Waals surface area (Å²) in [7, 11) is 3.98. The Morgan fingerprint density at radius 3 is 2.31 bits per heavy atom. The van der Waals surface area contributed by atoms with E-state index in [2.05, 4.69) is 48.2 Å². The fourth-order valence-corrected chi connectivity index (χ4v) is 3.78. The average molecular weight is 472 g/mol. The highest BCUT2D eigenvalue weighted by atomic mass is 16.4. The van der Waals surface area contributed by atoms with Crippen molar-refractivity contribution in [3.05, 3.63) is 78.5 Å². The molecule has 7 nitrogen and oxygen atoms in total. The first-order valence-electron chi connectivity index (χ1n) is 11.9. The van der Waals surface area contributed by atoms with Gasteiger partial charge in [-0.3, -0.25) is 4.79 Å². The van der Waals surface area contributed by atoms with Gasteiger partial charge in [0.15, 0.2) is 11.5 Å². The zero-order valence-electron chi connectivity index (χ0n) is 21.1. The van der Waals surface area contributed by atoms with Crippen LogP contribution in [0, 0.1) is 0 Å². The Hall–Kier alpha value is -3.87. The maximum absolute atomic E-state index is 13.1. The molecular weight excluding hydrogens is 438 g/mol. The van der Waals surface area contributed by atoms with Gasteiger partial charge in [0.05, 0.1) is 6.33 Å². The Kier molecular flexibility index (Phi) is 7.05. The molecule has 0 radical (unpaired) electrons. The fraction of sp³-hybridized carbons (Fsp3) is 0.321. The number of carbonyl (C=O) groups excluding carboxylic acids is 1. The SMILES string of the molecule is CN(C)c1ccc(-c2oc(-c3ccc(C(C)(C)C)cc3)nc2C(=O)NCCCn2ccnc2)cc1. The van der Waals surface area contributed by atoms with E-state index >= 15 is 0 Å². The van der Waals surface area contributed by atoms with Crippen LogP contribution in [0.15, 0.2) is 71.7 Å². The predicted molar refractivity (Wildman–Crippen MR) is 140 cm³/mol. The van der Waals surface area contributed by atoms with Gasteiger partial charge in [0.2, 0.25) is 5.89 Å². The smallest absolute Gasteiger partial charge is 0.273 e. The Morgan fingerprint density at radius 2 is 1.71 bits per heavy atom. The van der Waals surface area contributed by atoms with Crippen LogP contribution in [-0.4, -0.2) is 41.1 Å². The number of carbonyl (C=O) groups is 1. The lowest BCUT2D eigenvalue weighted by atomic mass is 9.87. The molecular formula is C28H33N5O2. The fourth-order valence-electron chi connectivity index (χ4n) is 3.78. The lowest BCUT2D eigenvalue weighted by Gasteiger charge is -2.18. The normalized spacial score (nSPS) is 11.5. The summed E-state index contributed by atoms with van der Waals surface area (Å²) < 4.78 is 8.19. The van der Waals surface area contributed by atoms with Gasteiger partial charge < -0.3 is 19.2 Å². The molecule has 2 aromatic carbocycles. The van der Waals surface area contributed by atoms with Crippen LogP contribution >= 0.6 is 0 Å². The van der Waals surface area contributed by atoms with Crippen LogP contribution in [0.25, 0.3) is 22.8 Å². The third-order valence-corrected chi connectivity index (χ3v) is 5.92. The van der Waals surface area contributed by atoms with Crippen molar-refractivity contribution in [2.75, 3.05) is 25.5 Å². The van der Waals surface area contributed by atoms with Crippen LogP contribution in [-0.2, 0) is 12.0 Å². The zero-order valence-corrected chi connectivity index (χ0v) is 21.1. The van der Waals surface area contributed by atoms with E-state index in [1.807, 2.05) is 66.2 Å². The summed E-state index contributed by atoms with van der Waals surface area (Å²) >= 11 is 0. The Morgan fingerprint density at radius 1 is 1.03 bits per heavy atom. The summed E-state index contributed by atoms with van der Waals surface area (Å²) in [5.41, 5.74) is 4.28. The van der Waals surface area contributed by atoms with E-state index in [9.17, 15) is 4.79 Å². The molecule has 1 amide bonds. The molecule has 35 heavy (non-hydrogen) atoms. The highest BCUT2D eigenvalue weighted by molar-refractivity contribution is 5.98. The number of amides is 1. The molecule has 0 aliphatic carbocycles. The largest absolute Gasteiger partial charge is 0.435 e. The van der Waals surface area contributed by atoms with Gasteiger partial charge in [0.25, 0.3) is 5.91 Å². The second kappa shape index (κ2) is 10.2. The molecule has 182 valence electrons. The molecule has 4 aromatic rings. The molecule has 7 heteroatoms. The van der Waals surface area contributed by atoms with E-state index in [0.29, 0.717) is 23.9 Å². The second-order valence-electron chi connectivity index (χ2n) is 9.88. The van der Waals surface area contributed by atoms with Gasteiger partial charge in [-0.15, -0.1) is 0 Å². The number of nitrogens with zero attached hydrogens (tertiary/aromatic N) is 4. The van der Waals surface area contributed by atoms with Crippen LogP contribution in [0.2, 0.25) is 0 Å². The molecule has 0 aliphatic heterocycles. The molecule has 0 bridgehead atoms. The summed E-state index contributed by atoms with van der Waals surface area (Å²) in [6.45, 7) is 7.84. The monoisotopic (exact) mass is 471 g/mol. The molecule has 0 saturated heterocycles. The molecule has 2 aromatic heterocycles. The maximum atomic E-state index is 13.1. The summed E-state index contributed by atoms with van der Waals surface area (Å²) in [5.74, 6) is 0.654. The van der Waals surface area contributed by atoms with Gasteiger partial charge >= 0.3 is 0 Å². The zero-order chi connectivity index (χ0) is 25.0. The number of oxazole rings is 1. The van der Waals surface area contributed by atoms with Crippen molar-refractivity contribution in [2.24, 2.45) is 0 Å². The van der Waals surface area contributed by atoms with Gasteiger partial charge in [-0.25, -0.2) is 9.97 Å². The number of hydrogen-bond acceptors (Lipinski definition) is 5. The van der Waals surface area contributed by atoms with Crippen LogP contribution in [0.4, 0.5) is 5.69 Å². The molecule has 0 spiro atoms. The van der Waals surface area contributed by atoms with Crippen LogP contribution < -0.4 is 10.2 Å². The van der Waals surface area contributed by atoms with E-state index in [0.717, 1.165) is 29.8 Å². The molecule has 0 unspecified atom stereocenters. The van der Waals surface area contributed by atoms with Crippen molar-refractivity contribution in [3.8, 4) is 22.8 Å². The second-order valence-corrected chi connectivity index (χ2v) is 9.88. The quantitative estimate of drug-likeness (QED) is 0.349. The molecule has 0 atom stereocenters. The van der Waals surface area contributed by atoms with Crippen LogP contribution in [0.1, 0.15) is 43.2 Å². The first kappa shape index (κ1) is 24.3. The molecule has 1 N–H and O–H groups in total. The Bertz CT molecular complexity index is 1250. The van der Waals surface area contributed by atoms with Crippen molar-refractivity contribution in [1.29, 1.82) is 0 Å². The number of hydrogen-bond donors (Lipinski definition) is 1. The number of nitrogens with one attached hydrogen (secondary N) is 1. The number of benzene rings is 2. The highest BCUT2D eigenvalue weighted by Crippen LogP contribution is 2.32. The maximum Gasteiger partial charge on any atom is 0.273 e. The van der Waals surface area contributed by atoms with E-state index in [1.54, 1.807) is 12.5 Å². The van der Waals surface area contributed by atoms with Crippen molar-refractivity contribution >= 4 is 11.6 Å². The average Bonchev–Trinajstić information content (AvgIpc) is 3.52. The third kappa shape index (κ3) is 5.80. The number of aromatic nitrogens is 3. The molecule has 0 fully saturated rings. The van der Waals surface area contributed by atoms with E-state index in [-0.39, 0.29) is 11.3 Å². The first-order valence-corrected chi connectivity index (χ1v) is 11.9. The van der Waals surface area contributed by atoms with Crippen LogP contribution in [0.5, 0.6) is 0 Å². The standard InChI is InChI=1S/C28H33N5O2/c1-28(2,3)22-11-7-21(8-12-22)27-31-24(26(34)30-15-6-17-33-18-16-29-19-33)25(35-27)20-9-13-23(14-10-20)32(4)5/h7-14,16,18-19H,6,15,17H2,1-5H3,(H,30,34). The van der Waals surface area contributed by atoms with Gasteiger partial charge in [-0.1, -0.05) is 32.9 Å². The van der Waals surface area contributed by atoms with E-state index < -0.39 is 0 Å². The van der Waals surface area contributed by atoms with Gasteiger partial charge in [0, 0.05) is 56.4 Å². The topological polar surface area (TPSA) is 76.2 Å². The summed E-state index contributed by atoms with van der Waals surface area (Å²) in [5, 5.41) is 2.99. The molecule has 2 heterocycles. The molecule has 0 saturated carbocycles. The summed E-state index contributed by atoms with van der Waals surface area (Å²) in [4.78, 5) is 23.8. The lowest BCUT2D eigenvalue weighted by molar-refractivity contribution is 0.0948. The first-order chi connectivity index (χ1) is 16.7. The van der Waals surface area contributed by atoms with E-state index in [1.165, 1.54) is 5.56 Å². The van der Waals surface area contributed by atoms with Crippen molar-refractivity contribution in [3.63, 3.8) is 0 Å². The number of rotatable bonds is 8. The predicted octanol–water partition coefficient (Wildman–Crippen LogP) is 5.39. The van der Waals surface area contributed by atoms with Gasteiger partial charge in [-0.05, 0) is 53.8 Å². The minimum Gasteiger partial charge on any atom is -0.435 e. The molecule has 4 rings (SSSR count). The number of anilines is 1. The summed E-state index contributed by atoms with van der Waals surface area (Å²) in [6, 6.07) is 16.1. The number of imidazole rings is 1. The minimum absolute atomic E-state index is 0.0518. The van der Waals surface area contributed by atoms with Gasteiger partial charge in [0.1, 0.15) is 0 Å². The number of aryl methyl sites for hydroxylation is 1. The van der Waals surface area contributed by atoms with Crippen LogP contribution in [0.3, 0.4) is 0 Å². The van der Waals surface area contributed by atoms with Gasteiger partial charge in [-0.2, -0.15) is 0 Å². The van der Waals surface area contributed by atoms with E-state index in [4.69, 9.17) is 4.42 Å². The third-order valence-electron chi connectivity index (χ3n) is 5.92. The Labute approximate surface area is 206 Å².